The standard InChI is InChI=1S/C20H22N4O.H2/c1-2-23-11-13-24(14-12-23)20(25)22-19-15-7-3-5-9-17(15)21-18-10-6-4-8-16(18)19;/h3-10H,2,11-14H2,1H3,(H,21,22,25);1H. The predicted molar refractivity (Wildman–Crippen MR) is 104 cm³/mol. The van der Waals surface area contributed by atoms with E-state index in [1.54, 1.807) is 0 Å². The Hall–Kier alpha value is -2.66. The maximum atomic E-state index is 12.8. The van der Waals surface area contributed by atoms with E-state index in [0.717, 1.165) is 60.2 Å². The lowest BCUT2D eigenvalue weighted by Gasteiger charge is -2.34. The average molecular weight is 336 g/mol. The maximum absolute atomic E-state index is 12.8. The number of nitrogens with zero attached hydrogens (tertiary/aromatic N) is 3. The fraction of sp³-hybridized carbons (Fsp3) is 0.300. The summed E-state index contributed by atoms with van der Waals surface area (Å²) < 4.78 is 0. The molecule has 0 radical (unpaired) electrons. The minimum absolute atomic E-state index is 0. The number of nitrogens with one attached hydrogen (secondary N) is 1. The van der Waals surface area contributed by atoms with Crippen molar-refractivity contribution in [2.45, 2.75) is 6.92 Å². The van der Waals surface area contributed by atoms with Gasteiger partial charge in [0.25, 0.3) is 0 Å². The molecule has 4 rings (SSSR count). The van der Waals surface area contributed by atoms with Crippen molar-refractivity contribution in [2.75, 3.05) is 38.0 Å². The van der Waals surface area contributed by atoms with E-state index in [0.29, 0.717) is 0 Å². The summed E-state index contributed by atoms with van der Waals surface area (Å²) in [6.07, 6.45) is 0. The molecule has 1 saturated heterocycles. The van der Waals surface area contributed by atoms with E-state index in [-0.39, 0.29) is 7.46 Å². The summed E-state index contributed by atoms with van der Waals surface area (Å²) in [7, 11) is 0. The number of benzene rings is 2. The lowest BCUT2D eigenvalue weighted by Crippen LogP contribution is -2.49. The second-order valence-electron chi connectivity index (χ2n) is 6.37. The largest absolute Gasteiger partial charge is 0.322 e. The van der Waals surface area contributed by atoms with Crippen molar-refractivity contribution in [1.29, 1.82) is 0 Å². The lowest BCUT2D eigenvalue weighted by atomic mass is 10.1. The molecule has 0 aliphatic carbocycles. The number of hydrogen-bond acceptors (Lipinski definition) is 3. The number of rotatable bonds is 2. The number of amides is 2. The highest BCUT2D eigenvalue weighted by Gasteiger charge is 2.21. The van der Waals surface area contributed by atoms with E-state index in [1.165, 1.54) is 0 Å². The zero-order chi connectivity index (χ0) is 17.2. The normalized spacial score (nSPS) is 15.6. The summed E-state index contributed by atoms with van der Waals surface area (Å²) in [5.74, 6) is 0. The van der Waals surface area contributed by atoms with E-state index in [2.05, 4.69) is 17.1 Å². The molecule has 2 amide bonds. The second kappa shape index (κ2) is 6.69. The van der Waals surface area contributed by atoms with Crippen LogP contribution in [0.3, 0.4) is 0 Å². The van der Waals surface area contributed by atoms with Crippen molar-refractivity contribution in [1.82, 2.24) is 14.8 Å². The van der Waals surface area contributed by atoms with Crippen LogP contribution in [0.1, 0.15) is 8.35 Å². The number of carbonyl (C=O) groups excluding carboxylic acids is 1. The number of para-hydroxylation sites is 2. The third-order valence-corrected chi connectivity index (χ3v) is 4.93. The average Bonchev–Trinajstić information content (AvgIpc) is 2.67. The summed E-state index contributed by atoms with van der Waals surface area (Å²) in [4.78, 5) is 21.8. The van der Waals surface area contributed by atoms with Crippen molar-refractivity contribution in [3.05, 3.63) is 48.5 Å². The van der Waals surface area contributed by atoms with Crippen LogP contribution in [0.2, 0.25) is 0 Å². The van der Waals surface area contributed by atoms with Gasteiger partial charge < -0.3 is 15.1 Å². The van der Waals surface area contributed by atoms with Crippen LogP contribution < -0.4 is 5.32 Å². The van der Waals surface area contributed by atoms with Gasteiger partial charge in [0.05, 0.1) is 16.7 Å². The number of piperazine rings is 1. The lowest BCUT2D eigenvalue weighted by molar-refractivity contribution is 0.151. The molecular formula is C20H24N4O. The number of urea groups is 1. The van der Waals surface area contributed by atoms with Gasteiger partial charge in [-0.3, -0.25) is 0 Å². The van der Waals surface area contributed by atoms with Crippen molar-refractivity contribution in [3.8, 4) is 0 Å². The van der Waals surface area contributed by atoms with E-state index < -0.39 is 0 Å². The van der Waals surface area contributed by atoms with E-state index in [9.17, 15) is 4.79 Å². The highest BCUT2D eigenvalue weighted by atomic mass is 16.2. The minimum atomic E-state index is -0.0303. The number of aromatic nitrogens is 1. The van der Waals surface area contributed by atoms with Crippen LogP contribution in [-0.2, 0) is 0 Å². The Labute approximate surface area is 148 Å². The van der Waals surface area contributed by atoms with Gasteiger partial charge in [0.1, 0.15) is 0 Å². The van der Waals surface area contributed by atoms with Gasteiger partial charge in [-0.2, -0.15) is 0 Å². The molecule has 1 N–H and O–H groups in total. The topological polar surface area (TPSA) is 48.5 Å². The first-order valence-electron chi connectivity index (χ1n) is 8.82. The molecule has 1 aliphatic heterocycles. The Morgan fingerprint density at radius 3 is 2.12 bits per heavy atom. The first-order valence-corrected chi connectivity index (χ1v) is 8.82. The highest BCUT2D eigenvalue weighted by Crippen LogP contribution is 2.30. The molecule has 2 aromatic carbocycles. The van der Waals surface area contributed by atoms with Crippen LogP contribution in [0.25, 0.3) is 21.8 Å². The molecule has 2 heterocycles. The molecule has 1 fully saturated rings. The Morgan fingerprint density at radius 1 is 1.00 bits per heavy atom. The number of anilines is 1. The van der Waals surface area contributed by atoms with Crippen LogP contribution in [0.4, 0.5) is 10.5 Å². The van der Waals surface area contributed by atoms with E-state index >= 15 is 0 Å². The fourth-order valence-corrected chi connectivity index (χ4v) is 3.43. The molecule has 0 spiro atoms. The van der Waals surface area contributed by atoms with Gasteiger partial charge in [0, 0.05) is 38.4 Å². The molecule has 5 nitrogen and oxygen atoms in total. The maximum Gasteiger partial charge on any atom is 0.321 e. The zero-order valence-electron chi connectivity index (χ0n) is 14.4. The molecule has 0 atom stereocenters. The summed E-state index contributed by atoms with van der Waals surface area (Å²) in [6, 6.07) is 15.9. The number of fused-ring (bicyclic) bond motifs is 2. The minimum Gasteiger partial charge on any atom is -0.322 e. The number of hydrogen-bond donors (Lipinski definition) is 1. The van der Waals surface area contributed by atoms with Gasteiger partial charge >= 0.3 is 6.03 Å². The van der Waals surface area contributed by atoms with Gasteiger partial charge in [-0.15, -0.1) is 0 Å². The predicted octanol–water partition coefficient (Wildman–Crippen LogP) is 3.80. The Balaban J connectivity index is 0.00000196. The third-order valence-electron chi connectivity index (χ3n) is 4.93. The summed E-state index contributed by atoms with van der Waals surface area (Å²) in [5.41, 5.74) is 2.64. The fourth-order valence-electron chi connectivity index (χ4n) is 3.43. The molecule has 0 saturated carbocycles. The molecule has 0 unspecified atom stereocenters. The van der Waals surface area contributed by atoms with E-state index in [4.69, 9.17) is 4.98 Å². The third kappa shape index (κ3) is 3.03. The van der Waals surface area contributed by atoms with Crippen molar-refractivity contribution < 1.29 is 6.22 Å². The first kappa shape index (κ1) is 15.8. The molecule has 1 aliphatic rings. The molecule has 25 heavy (non-hydrogen) atoms. The Kier molecular flexibility index (Phi) is 4.24. The van der Waals surface area contributed by atoms with E-state index in [1.807, 2.05) is 53.4 Å². The number of likely N-dealkylation sites (N-methyl/N-ethyl adjacent to an activating group) is 1. The van der Waals surface area contributed by atoms with Crippen LogP contribution >= 0.6 is 0 Å². The molecule has 5 heteroatoms. The monoisotopic (exact) mass is 336 g/mol. The zero-order valence-corrected chi connectivity index (χ0v) is 14.4. The quantitative estimate of drug-likeness (QED) is 0.724. The van der Waals surface area contributed by atoms with Crippen molar-refractivity contribution in [2.24, 2.45) is 0 Å². The molecular weight excluding hydrogens is 312 g/mol. The molecule has 1 aromatic heterocycles. The number of carbonyl (C=O) groups is 1. The molecule has 3 aromatic rings. The van der Waals surface area contributed by atoms with Crippen molar-refractivity contribution >= 4 is 33.5 Å². The van der Waals surface area contributed by atoms with Crippen LogP contribution in [-0.4, -0.2) is 53.5 Å². The number of pyridine rings is 1. The van der Waals surface area contributed by atoms with Gasteiger partial charge in [-0.1, -0.05) is 43.3 Å². The SMILES string of the molecule is CCN1CCN(C(=O)Nc2c3ccccc3nc3ccccc23)CC1.[HH]. The molecule has 0 bridgehead atoms. The van der Waals surface area contributed by atoms with Gasteiger partial charge in [0.15, 0.2) is 0 Å². The van der Waals surface area contributed by atoms with Crippen molar-refractivity contribution in [3.63, 3.8) is 0 Å². The highest BCUT2D eigenvalue weighted by molar-refractivity contribution is 6.12. The molecule has 130 valence electrons. The second-order valence-corrected chi connectivity index (χ2v) is 6.37. The van der Waals surface area contributed by atoms with Gasteiger partial charge in [0.2, 0.25) is 0 Å². The smallest absolute Gasteiger partial charge is 0.321 e. The summed E-state index contributed by atoms with van der Waals surface area (Å²) in [5, 5.41) is 5.11. The van der Waals surface area contributed by atoms with Crippen LogP contribution in [0.15, 0.2) is 48.5 Å². The Bertz CT molecular complexity index is 868. The van der Waals surface area contributed by atoms with Crippen LogP contribution in [0, 0.1) is 0 Å². The summed E-state index contributed by atoms with van der Waals surface area (Å²) in [6.45, 7) is 6.59. The Morgan fingerprint density at radius 2 is 1.56 bits per heavy atom. The van der Waals surface area contributed by atoms with Gasteiger partial charge in [-0.05, 0) is 18.7 Å². The summed E-state index contributed by atoms with van der Waals surface area (Å²) >= 11 is 0. The van der Waals surface area contributed by atoms with Gasteiger partial charge in [-0.25, -0.2) is 9.78 Å². The van der Waals surface area contributed by atoms with Crippen LogP contribution in [0.5, 0.6) is 0 Å². The first-order chi connectivity index (χ1) is 12.3.